The average molecular weight is 251 g/mol. The van der Waals surface area contributed by atoms with E-state index in [1.807, 2.05) is 26.0 Å². The molecule has 1 aromatic carbocycles. The lowest BCUT2D eigenvalue weighted by molar-refractivity contribution is 0.112. The lowest BCUT2D eigenvalue weighted by atomic mass is 10.0. The molecule has 17 heavy (non-hydrogen) atoms. The Kier molecular flexibility index (Phi) is 3.50. The standard InChI is InChI=1S/C13H18NO2P/c1-9-3-12(4-11(5-15)10(9)2)16-8-13(17)6-14-7-13/h3-5,14H,6-8,17H2,1-2H3. The van der Waals surface area contributed by atoms with Crippen molar-refractivity contribution in [1.82, 2.24) is 5.32 Å². The Balaban J connectivity index is 2.10. The first-order valence-electron chi connectivity index (χ1n) is 5.73. The minimum atomic E-state index is 0.153. The van der Waals surface area contributed by atoms with Crippen molar-refractivity contribution >= 4 is 15.5 Å². The summed E-state index contributed by atoms with van der Waals surface area (Å²) in [5, 5.41) is 3.38. The smallest absolute Gasteiger partial charge is 0.150 e. The zero-order valence-corrected chi connectivity index (χ0v) is 11.4. The van der Waals surface area contributed by atoms with Crippen LogP contribution in [0.5, 0.6) is 5.75 Å². The maximum Gasteiger partial charge on any atom is 0.150 e. The number of nitrogens with one attached hydrogen (secondary N) is 1. The number of aryl methyl sites for hydroxylation is 1. The molecule has 0 bridgehead atoms. The maximum absolute atomic E-state index is 10.9. The third-order valence-electron chi connectivity index (χ3n) is 3.29. The van der Waals surface area contributed by atoms with Gasteiger partial charge >= 0.3 is 0 Å². The highest BCUT2D eigenvalue weighted by Gasteiger charge is 2.32. The van der Waals surface area contributed by atoms with Crippen LogP contribution >= 0.6 is 9.24 Å². The van der Waals surface area contributed by atoms with E-state index in [9.17, 15) is 4.79 Å². The summed E-state index contributed by atoms with van der Waals surface area (Å²) in [6.45, 7) is 6.53. The van der Waals surface area contributed by atoms with Crippen molar-refractivity contribution in [3.63, 3.8) is 0 Å². The molecular weight excluding hydrogens is 233 g/mol. The van der Waals surface area contributed by atoms with Crippen molar-refractivity contribution in [1.29, 1.82) is 0 Å². The molecule has 0 aromatic heterocycles. The summed E-state index contributed by atoms with van der Waals surface area (Å²) in [6.07, 6.45) is 0.885. The molecule has 0 spiro atoms. The van der Waals surface area contributed by atoms with E-state index in [0.717, 1.165) is 36.3 Å². The van der Waals surface area contributed by atoms with E-state index in [4.69, 9.17) is 4.74 Å². The molecule has 1 atom stereocenters. The molecule has 0 aliphatic carbocycles. The lowest BCUT2D eigenvalue weighted by Gasteiger charge is -2.38. The van der Waals surface area contributed by atoms with E-state index in [-0.39, 0.29) is 5.16 Å². The Morgan fingerprint density at radius 1 is 1.47 bits per heavy atom. The number of rotatable bonds is 4. The number of hydrogen-bond acceptors (Lipinski definition) is 3. The molecule has 92 valence electrons. The van der Waals surface area contributed by atoms with Crippen LogP contribution in [0, 0.1) is 13.8 Å². The highest BCUT2D eigenvalue weighted by molar-refractivity contribution is 7.19. The van der Waals surface area contributed by atoms with Crippen molar-refractivity contribution in [3.8, 4) is 5.75 Å². The van der Waals surface area contributed by atoms with E-state index in [1.165, 1.54) is 0 Å². The molecule has 1 aliphatic heterocycles. The van der Waals surface area contributed by atoms with Crippen molar-refractivity contribution in [2.24, 2.45) is 0 Å². The summed E-state index contributed by atoms with van der Waals surface area (Å²) in [6, 6.07) is 3.80. The molecule has 1 aliphatic rings. The molecule has 1 saturated heterocycles. The molecule has 0 amide bonds. The van der Waals surface area contributed by atoms with Gasteiger partial charge in [0.2, 0.25) is 0 Å². The largest absolute Gasteiger partial charge is 0.493 e. The van der Waals surface area contributed by atoms with Gasteiger partial charge in [0.25, 0.3) is 0 Å². The van der Waals surface area contributed by atoms with Gasteiger partial charge in [-0.25, -0.2) is 0 Å². The van der Waals surface area contributed by atoms with Gasteiger partial charge in [-0.3, -0.25) is 4.79 Å². The zero-order valence-electron chi connectivity index (χ0n) is 10.2. The van der Waals surface area contributed by atoms with Crippen LogP contribution in [0.1, 0.15) is 21.5 Å². The monoisotopic (exact) mass is 251 g/mol. The molecule has 3 nitrogen and oxygen atoms in total. The fourth-order valence-electron chi connectivity index (χ4n) is 1.83. The molecule has 1 unspecified atom stereocenters. The molecular formula is C13H18NO2P. The summed E-state index contributed by atoms with van der Waals surface area (Å²) >= 11 is 0. The SMILES string of the molecule is Cc1cc(OCC2(P)CNC2)cc(C=O)c1C. The third-order valence-corrected chi connectivity index (χ3v) is 3.86. The molecule has 0 saturated carbocycles. The fourth-order valence-corrected chi connectivity index (χ4v) is 2.21. The summed E-state index contributed by atoms with van der Waals surface area (Å²) in [5.74, 6) is 0.781. The third kappa shape index (κ3) is 2.67. The highest BCUT2D eigenvalue weighted by Crippen LogP contribution is 2.26. The van der Waals surface area contributed by atoms with Gasteiger partial charge < -0.3 is 10.1 Å². The average Bonchev–Trinajstić information content (AvgIpc) is 2.28. The summed E-state index contributed by atoms with van der Waals surface area (Å²) in [4.78, 5) is 10.9. The predicted molar refractivity (Wildman–Crippen MR) is 72.1 cm³/mol. The van der Waals surface area contributed by atoms with Gasteiger partial charge in [-0.15, -0.1) is 9.24 Å². The fraction of sp³-hybridized carbons (Fsp3) is 0.462. The second kappa shape index (κ2) is 4.75. The highest BCUT2D eigenvalue weighted by atomic mass is 31.0. The Labute approximate surface area is 104 Å². The van der Waals surface area contributed by atoms with Crippen LogP contribution in [0.15, 0.2) is 12.1 Å². The number of carbonyl (C=O) groups is 1. The van der Waals surface area contributed by atoms with Crippen LogP contribution < -0.4 is 10.1 Å². The second-order valence-corrected chi connectivity index (χ2v) is 6.05. The number of hydrogen-bond donors (Lipinski definition) is 1. The molecule has 1 heterocycles. The molecule has 1 fully saturated rings. The van der Waals surface area contributed by atoms with Crippen molar-refractivity contribution in [3.05, 3.63) is 28.8 Å². The van der Waals surface area contributed by atoms with Crippen LogP contribution in [-0.4, -0.2) is 31.1 Å². The number of benzene rings is 1. The van der Waals surface area contributed by atoms with E-state index in [2.05, 4.69) is 14.6 Å². The first kappa shape index (κ1) is 12.5. The van der Waals surface area contributed by atoms with Crippen molar-refractivity contribution < 1.29 is 9.53 Å². The van der Waals surface area contributed by atoms with E-state index in [0.29, 0.717) is 12.2 Å². The Morgan fingerprint density at radius 2 is 2.18 bits per heavy atom. The van der Waals surface area contributed by atoms with E-state index < -0.39 is 0 Å². The molecule has 1 aromatic rings. The van der Waals surface area contributed by atoms with Gasteiger partial charge in [0.15, 0.2) is 0 Å². The molecule has 2 rings (SSSR count). The van der Waals surface area contributed by atoms with Crippen LogP contribution in [0.2, 0.25) is 0 Å². The Hall–Kier alpha value is -0.920. The van der Waals surface area contributed by atoms with Crippen LogP contribution in [-0.2, 0) is 0 Å². The van der Waals surface area contributed by atoms with Crippen LogP contribution in [0.4, 0.5) is 0 Å². The number of ether oxygens (including phenoxy) is 1. The van der Waals surface area contributed by atoms with Gasteiger partial charge in [-0.1, -0.05) is 0 Å². The minimum Gasteiger partial charge on any atom is -0.493 e. The van der Waals surface area contributed by atoms with Gasteiger partial charge in [0, 0.05) is 23.8 Å². The predicted octanol–water partition coefficient (Wildman–Crippen LogP) is 1.71. The Morgan fingerprint density at radius 3 is 2.71 bits per heavy atom. The van der Waals surface area contributed by atoms with Gasteiger partial charge in [0.1, 0.15) is 12.0 Å². The van der Waals surface area contributed by atoms with Gasteiger partial charge in [0.05, 0.1) is 6.61 Å². The molecule has 1 N–H and O–H groups in total. The molecule has 0 radical (unpaired) electrons. The quantitative estimate of drug-likeness (QED) is 0.654. The van der Waals surface area contributed by atoms with Gasteiger partial charge in [-0.05, 0) is 37.1 Å². The number of aldehydes is 1. The molecule has 4 heteroatoms. The topological polar surface area (TPSA) is 38.3 Å². The summed E-state index contributed by atoms with van der Waals surface area (Å²) in [5.41, 5.74) is 2.83. The normalized spacial score (nSPS) is 17.4. The van der Waals surface area contributed by atoms with E-state index in [1.54, 1.807) is 0 Å². The zero-order chi connectivity index (χ0) is 12.5. The van der Waals surface area contributed by atoms with Crippen LogP contribution in [0.25, 0.3) is 0 Å². The number of carbonyl (C=O) groups excluding carboxylic acids is 1. The first-order valence-corrected chi connectivity index (χ1v) is 6.31. The maximum atomic E-state index is 10.9. The van der Waals surface area contributed by atoms with E-state index >= 15 is 0 Å². The van der Waals surface area contributed by atoms with Crippen molar-refractivity contribution in [2.45, 2.75) is 19.0 Å². The first-order chi connectivity index (χ1) is 8.04. The summed E-state index contributed by atoms with van der Waals surface area (Å²) < 4.78 is 5.77. The van der Waals surface area contributed by atoms with Crippen LogP contribution in [0.3, 0.4) is 0 Å². The summed E-state index contributed by atoms with van der Waals surface area (Å²) in [7, 11) is 2.84. The lowest BCUT2D eigenvalue weighted by Crippen LogP contribution is -2.58. The Bertz CT molecular complexity index is 441. The minimum absolute atomic E-state index is 0.153. The second-order valence-electron chi connectivity index (χ2n) is 4.83. The van der Waals surface area contributed by atoms with Crippen molar-refractivity contribution in [2.75, 3.05) is 19.7 Å². The van der Waals surface area contributed by atoms with Gasteiger partial charge in [-0.2, -0.15) is 0 Å².